The summed E-state index contributed by atoms with van der Waals surface area (Å²) in [5.74, 6) is -0.101. The topological polar surface area (TPSA) is 63.7 Å². The molecule has 1 aliphatic rings. The molecule has 1 amide bonds. The number of nitrogens with one attached hydrogen (secondary N) is 1. The Labute approximate surface area is 129 Å². The average Bonchev–Trinajstić information content (AvgIpc) is 2.96. The molecule has 118 valence electrons. The van der Waals surface area contributed by atoms with E-state index in [2.05, 4.69) is 15.2 Å². The van der Waals surface area contributed by atoms with Crippen molar-refractivity contribution in [1.82, 2.24) is 15.2 Å². The van der Waals surface area contributed by atoms with E-state index in [1.54, 1.807) is 0 Å². The van der Waals surface area contributed by atoms with Crippen molar-refractivity contribution in [2.75, 3.05) is 46.1 Å². The zero-order valence-corrected chi connectivity index (χ0v) is 13.3. The summed E-state index contributed by atoms with van der Waals surface area (Å²) in [4.78, 5) is 18.7. The van der Waals surface area contributed by atoms with Gasteiger partial charge in [0.1, 0.15) is 10.7 Å². The van der Waals surface area contributed by atoms with E-state index in [0.29, 0.717) is 25.5 Å². The summed E-state index contributed by atoms with van der Waals surface area (Å²) in [5, 5.41) is 5.68. The van der Waals surface area contributed by atoms with Crippen LogP contribution in [0.4, 0.5) is 0 Å². The monoisotopic (exact) mass is 313 g/mol. The van der Waals surface area contributed by atoms with Crippen LogP contribution in [0.5, 0.6) is 0 Å². The molecule has 6 nitrogen and oxygen atoms in total. The van der Waals surface area contributed by atoms with Crippen molar-refractivity contribution in [1.29, 1.82) is 0 Å². The summed E-state index contributed by atoms with van der Waals surface area (Å²) < 4.78 is 10.5. The standard InChI is InChI=1S/C14H23N3O3S/c1-2-19-7-3-4-15-14(18)12-11-21-13(16-12)10-17-5-8-20-9-6-17/h11H,2-10H2,1H3,(H,15,18). The second-order valence-electron chi connectivity index (χ2n) is 4.82. The van der Waals surface area contributed by atoms with Gasteiger partial charge < -0.3 is 14.8 Å². The van der Waals surface area contributed by atoms with Gasteiger partial charge in [-0.2, -0.15) is 0 Å². The van der Waals surface area contributed by atoms with Crippen molar-refractivity contribution in [3.63, 3.8) is 0 Å². The third kappa shape index (κ3) is 5.70. The number of nitrogens with zero attached hydrogens (tertiary/aromatic N) is 2. The highest BCUT2D eigenvalue weighted by Crippen LogP contribution is 2.13. The van der Waals surface area contributed by atoms with Crippen LogP contribution in [0.25, 0.3) is 0 Å². The molecule has 1 saturated heterocycles. The number of thiazole rings is 1. The van der Waals surface area contributed by atoms with Gasteiger partial charge in [-0.05, 0) is 13.3 Å². The molecule has 1 aromatic heterocycles. The molecule has 0 spiro atoms. The Hall–Kier alpha value is -1.02. The first-order valence-electron chi connectivity index (χ1n) is 7.40. The number of amides is 1. The molecule has 2 rings (SSSR count). The molecule has 0 saturated carbocycles. The van der Waals surface area contributed by atoms with E-state index in [-0.39, 0.29) is 5.91 Å². The van der Waals surface area contributed by atoms with Crippen LogP contribution in [0.2, 0.25) is 0 Å². The number of aromatic nitrogens is 1. The smallest absolute Gasteiger partial charge is 0.270 e. The second kappa shape index (κ2) is 9.09. The van der Waals surface area contributed by atoms with E-state index in [4.69, 9.17) is 9.47 Å². The van der Waals surface area contributed by atoms with Crippen LogP contribution in [0, 0.1) is 0 Å². The molecule has 21 heavy (non-hydrogen) atoms. The Morgan fingerprint density at radius 1 is 1.52 bits per heavy atom. The maximum atomic E-state index is 11.9. The van der Waals surface area contributed by atoms with E-state index < -0.39 is 0 Å². The molecule has 7 heteroatoms. The van der Waals surface area contributed by atoms with Crippen molar-refractivity contribution in [3.05, 3.63) is 16.1 Å². The lowest BCUT2D eigenvalue weighted by Crippen LogP contribution is -2.35. The minimum Gasteiger partial charge on any atom is -0.382 e. The van der Waals surface area contributed by atoms with Crippen LogP contribution in [0.3, 0.4) is 0 Å². The van der Waals surface area contributed by atoms with Gasteiger partial charge in [-0.3, -0.25) is 9.69 Å². The molecule has 1 N–H and O–H groups in total. The largest absolute Gasteiger partial charge is 0.382 e. The van der Waals surface area contributed by atoms with E-state index >= 15 is 0 Å². The summed E-state index contributed by atoms with van der Waals surface area (Å²) in [6, 6.07) is 0. The summed E-state index contributed by atoms with van der Waals surface area (Å²) in [6.45, 7) is 8.18. The van der Waals surface area contributed by atoms with Gasteiger partial charge in [-0.1, -0.05) is 0 Å². The van der Waals surface area contributed by atoms with Gasteiger partial charge in [0.05, 0.1) is 19.8 Å². The zero-order chi connectivity index (χ0) is 14.9. The average molecular weight is 313 g/mol. The fourth-order valence-electron chi connectivity index (χ4n) is 2.05. The molecule has 0 aromatic carbocycles. The first kappa shape index (κ1) is 16.4. The van der Waals surface area contributed by atoms with Crippen molar-refractivity contribution < 1.29 is 14.3 Å². The van der Waals surface area contributed by atoms with Crippen molar-refractivity contribution in [3.8, 4) is 0 Å². The van der Waals surface area contributed by atoms with Gasteiger partial charge in [0.2, 0.25) is 0 Å². The fourth-order valence-corrected chi connectivity index (χ4v) is 2.86. The molecular formula is C14H23N3O3S. The lowest BCUT2D eigenvalue weighted by Gasteiger charge is -2.25. The van der Waals surface area contributed by atoms with Gasteiger partial charge in [0, 0.05) is 38.2 Å². The molecular weight excluding hydrogens is 290 g/mol. The van der Waals surface area contributed by atoms with Crippen LogP contribution in [0.1, 0.15) is 28.8 Å². The Morgan fingerprint density at radius 2 is 2.33 bits per heavy atom. The molecule has 1 fully saturated rings. The number of ether oxygens (including phenoxy) is 2. The Kier molecular flexibility index (Phi) is 7.08. The van der Waals surface area contributed by atoms with Crippen LogP contribution < -0.4 is 5.32 Å². The highest BCUT2D eigenvalue weighted by molar-refractivity contribution is 7.09. The Balaban J connectivity index is 1.72. The minimum absolute atomic E-state index is 0.101. The summed E-state index contributed by atoms with van der Waals surface area (Å²) >= 11 is 1.54. The number of hydrogen-bond donors (Lipinski definition) is 1. The summed E-state index contributed by atoms with van der Waals surface area (Å²) in [7, 11) is 0. The van der Waals surface area contributed by atoms with Crippen LogP contribution in [0.15, 0.2) is 5.38 Å². The number of morpholine rings is 1. The van der Waals surface area contributed by atoms with Crippen molar-refractivity contribution in [2.45, 2.75) is 19.9 Å². The van der Waals surface area contributed by atoms with Crippen LogP contribution in [-0.4, -0.2) is 61.9 Å². The Morgan fingerprint density at radius 3 is 3.10 bits per heavy atom. The lowest BCUT2D eigenvalue weighted by molar-refractivity contribution is 0.0341. The van der Waals surface area contributed by atoms with Gasteiger partial charge in [0.15, 0.2) is 0 Å². The molecule has 0 aliphatic carbocycles. The number of rotatable bonds is 8. The fraction of sp³-hybridized carbons (Fsp3) is 0.714. The van der Waals surface area contributed by atoms with E-state index in [9.17, 15) is 4.79 Å². The van der Waals surface area contributed by atoms with Gasteiger partial charge in [0.25, 0.3) is 5.91 Å². The van der Waals surface area contributed by atoms with E-state index in [1.165, 1.54) is 11.3 Å². The van der Waals surface area contributed by atoms with Crippen molar-refractivity contribution in [2.24, 2.45) is 0 Å². The quantitative estimate of drug-likeness (QED) is 0.729. The normalized spacial score (nSPS) is 16.0. The first-order chi connectivity index (χ1) is 10.3. The predicted molar refractivity (Wildman–Crippen MR) is 81.7 cm³/mol. The summed E-state index contributed by atoms with van der Waals surface area (Å²) in [6.07, 6.45) is 0.824. The molecule has 0 unspecified atom stereocenters. The third-order valence-corrected chi connectivity index (χ3v) is 4.04. The van der Waals surface area contributed by atoms with Gasteiger partial charge in [-0.15, -0.1) is 11.3 Å². The number of carbonyl (C=O) groups excluding carboxylic acids is 1. The van der Waals surface area contributed by atoms with Crippen LogP contribution >= 0.6 is 11.3 Å². The second-order valence-corrected chi connectivity index (χ2v) is 5.76. The summed E-state index contributed by atoms with van der Waals surface area (Å²) in [5.41, 5.74) is 0.514. The molecule has 0 radical (unpaired) electrons. The SMILES string of the molecule is CCOCCCNC(=O)c1csc(CN2CCOCC2)n1. The van der Waals surface area contributed by atoms with E-state index in [1.807, 2.05) is 12.3 Å². The number of carbonyl (C=O) groups is 1. The molecule has 0 bridgehead atoms. The Bertz CT molecular complexity index is 433. The molecule has 1 aliphatic heterocycles. The zero-order valence-electron chi connectivity index (χ0n) is 12.5. The molecule has 1 aromatic rings. The highest BCUT2D eigenvalue weighted by atomic mass is 32.1. The molecule has 2 heterocycles. The van der Waals surface area contributed by atoms with Gasteiger partial charge >= 0.3 is 0 Å². The minimum atomic E-state index is -0.101. The molecule has 0 atom stereocenters. The van der Waals surface area contributed by atoms with E-state index in [0.717, 1.165) is 44.3 Å². The van der Waals surface area contributed by atoms with Crippen LogP contribution in [-0.2, 0) is 16.0 Å². The number of hydrogen-bond acceptors (Lipinski definition) is 6. The highest BCUT2D eigenvalue weighted by Gasteiger charge is 2.15. The van der Waals surface area contributed by atoms with Gasteiger partial charge in [-0.25, -0.2) is 4.98 Å². The maximum Gasteiger partial charge on any atom is 0.270 e. The first-order valence-corrected chi connectivity index (χ1v) is 8.28. The maximum absolute atomic E-state index is 11.9. The lowest BCUT2D eigenvalue weighted by atomic mass is 10.4. The van der Waals surface area contributed by atoms with Crippen molar-refractivity contribution >= 4 is 17.2 Å². The third-order valence-electron chi connectivity index (χ3n) is 3.20. The predicted octanol–water partition coefficient (Wildman–Crippen LogP) is 1.13.